The number of aromatic nitrogens is 3. The number of nitrogens with one attached hydrogen (secondary N) is 3. The third-order valence-corrected chi connectivity index (χ3v) is 5.05. The Morgan fingerprint density at radius 2 is 2.15 bits per heavy atom. The van der Waals surface area contributed by atoms with Crippen molar-refractivity contribution in [3.8, 4) is 0 Å². The summed E-state index contributed by atoms with van der Waals surface area (Å²) in [5.74, 6) is -1.01. The third kappa shape index (κ3) is 5.70. The van der Waals surface area contributed by atoms with Crippen molar-refractivity contribution in [1.29, 1.82) is 5.41 Å². The molecule has 14 heteroatoms. The molecule has 0 aliphatic heterocycles. The van der Waals surface area contributed by atoms with Crippen molar-refractivity contribution in [2.45, 2.75) is 18.6 Å². The topological polar surface area (TPSA) is 125 Å². The standard InChI is InChI=1S/C19H22B2F2N6O3S/c1-9(8-32-19(20,21)31)27-18(30)12-7-29(33-23)17-16(12)28-14(6-26-17)15(24)11-4-3-10(22)5-13(11)25-2/h3-7,9,24-25,31H,8,20-21H2,1-2H3,(H,27,30). The van der Waals surface area contributed by atoms with Crippen LogP contribution >= 0.6 is 12.3 Å². The fourth-order valence-electron chi connectivity index (χ4n) is 3.05. The first kappa shape index (κ1) is 24.7. The molecule has 1 unspecified atom stereocenters. The van der Waals surface area contributed by atoms with Crippen LogP contribution in [0, 0.1) is 11.2 Å². The minimum atomic E-state index is -1.35. The molecule has 172 valence electrons. The Labute approximate surface area is 195 Å². The number of carbonyl (C=O) groups excluding carboxylic acids is 1. The Balaban J connectivity index is 1.95. The number of hydrogen-bond donors (Lipinski definition) is 4. The molecule has 0 saturated carbocycles. The molecule has 3 rings (SSSR count). The number of amides is 1. The molecule has 2 heterocycles. The number of ether oxygens (including phenoxy) is 1. The SMILES string of the molecule is BC(B)(O)OCC(C)NC(=O)c1cn(SF)c2ncc(C(=N)c3ccc(F)cc3NC)nc12. The largest absolute Gasteiger partial charge is 0.387 e. The van der Waals surface area contributed by atoms with E-state index in [0.717, 1.165) is 3.97 Å². The number of benzene rings is 1. The molecule has 1 amide bonds. The molecular formula is C19H22B2F2N6O3S. The van der Waals surface area contributed by atoms with E-state index in [1.165, 1.54) is 46.3 Å². The fourth-order valence-corrected chi connectivity index (χ4v) is 3.40. The average Bonchev–Trinajstić information content (AvgIpc) is 3.14. The minimum absolute atomic E-state index is 0.0463. The van der Waals surface area contributed by atoms with Crippen LogP contribution < -0.4 is 10.6 Å². The maximum Gasteiger partial charge on any atom is 0.255 e. The Morgan fingerprint density at radius 3 is 2.79 bits per heavy atom. The Bertz CT molecular complexity index is 1200. The molecule has 0 fully saturated rings. The highest BCUT2D eigenvalue weighted by molar-refractivity contribution is 7.92. The molecule has 0 aliphatic rings. The molecular weight excluding hydrogens is 452 g/mol. The van der Waals surface area contributed by atoms with Gasteiger partial charge in [0.05, 0.1) is 29.7 Å². The highest BCUT2D eigenvalue weighted by Crippen LogP contribution is 2.25. The summed E-state index contributed by atoms with van der Waals surface area (Å²) in [6.07, 6.45) is 2.56. The Kier molecular flexibility index (Phi) is 7.40. The third-order valence-electron chi connectivity index (χ3n) is 4.62. The van der Waals surface area contributed by atoms with Gasteiger partial charge in [-0.05, 0) is 25.1 Å². The van der Waals surface area contributed by atoms with Crippen LogP contribution in [0.15, 0.2) is 30.6 Å². The zero-order valence-electron chi connectivity index (χ0n) is 18.4. The number of aliphatic hydroxyl groups is 1. The molecule has 0 spiro atoms. The lowest BCUT2D eigenvalue weighted by molar-refractivity contribution is -0.0800. The summed E-state index contributed by atoms with van der Waals surface area (Å²) in [6, 6.07) is 3.45. The Morgan fingerprint density at radius 1 is 1.42 bits per heavy atom. The van der Waals surface area contributed by atoms with Gasteiger partial charge in [-0.25, -0.2) is 18.3 Å². The van der Waals surface area contributed by atoms with Gasteiger partial charge in [-0.3, -0.25) is 10.2 Å². The second-order valence-corrected chi connectivity index (χ2v) is 8.34. The normalized spacial score (nSPS) is 12.5. The van der Waals surface area contributed by atoms with Crippen LogP contribution in [0.1, 0.15) is 28.5 Å². The predicted molar refractivity (Wildman–Crippen MR) is 128 cm³/mol. The van der Waals surface area contributed by atoms with Gasteiger partial charge in [-0.1, -0.05) is 0 Å². The summed E-state index contributed by atoms with van der Waals surface area (Å²) in [6.45, 7) is 1.73. The number of hydrogen-bond acceptors (Lipinski definition) is 8. The molecule has 0 aliphatic carbocycles. The summed E-state index contributed by atoms with van der Waals surface area (Å²) in [5.41, 5.74) is -0.241. The van der Waals surface area contributed by atoms with Gasteiger partial charge in [0.1, 0.15) is 17.0 Å². The number of halogens is 2. The molecule has 3 aromatic rings. The van der Waals surface area contributed by atoms with E-state index >= 15 is 0 Å². The van der Waals surface area contributed by atoms with Crippen LogP contribution in [0.3, 0.4) is 0 Å². The lowest BCUT2D eigenvalue weighted by Gasteiger charge is -2.22. The summed E-state index contributed by atoms with van der Waals surface area (Å²) in [7, 11) is 4.55. The van der Waals surface area contributed by atoms with Gasteiger partial charge in [0.15, 0.2) is 33.7 Å². The van der Waals surface area contributed by atoms with Gasteiger partial charge < -0.3 is 20.5 Å². The van der Waals surface area contributed by atoms with Crippen molar-refractivity contribution < 1.29 is 22.9 Å². The van der Waals surface area contributed by atoms with Crippen molar-refractivity contribution >= 4 is 56.5 Å². The van der Waals surface area contributed by atoms with Crippen LogP contribution in [0.25, 0.3) is 11.2 Å². The highest BCUT2D eigenvalue weighted by Gasteiger charge is 2.23. The van der Waals surface area contributed by atoms with Crippen LogP contribution in [0.4, 0.5) is 14.0 Å². The van der Waals surface area contributed by atoms with Gasteiger partial charge in [0, 0.05) is 30.5 Å². The molecule has 2 aromatic heterocycles. The minimum Gasteiger partial charge on any atom is -0.387 e. The van der Waals surface area contributed by atoms with Crippen molar-refractivity contribution in [2.75, 3.05) is 19.0 Å². The molecule has 33 heavy (non-hydrogen) atoms. The molecule has 0 bridgehead atoms. The van der Waals surface area contributed by atoms with E-state index in [1.807, 2.05) is 0 Å². The van der Waals surface area contributed by atoms with E-state index in [0.29, 0.717) is 11.3 Å². The predicted octanol–water partition coefficient (Wildman–Crippen LogP) is 0.414. The molecule has 4 N–H and O–H groups in total. The Hall–Kier alpha value is -2.96. The molecule has 1 aromatic carbocycles. The zero-order chi connectivity index (χ0) is 24.3. The smallest absolute Gasteiger partial charge is 0.255 e. The second-order valence-electron chi connectivity index (χ2n) is 7.81. The van der Waals surface area contributed by atoms with Crippen LogP contribution in [-0.2, 0) is 4.74 Å². The summed E-state index contributed by atoms with van der Waals surface area (Å²) >= 11 is -0.142. The maximum atomic E-state index is 13.6. The quantitative estimate of drug-likeness (QED) is 0.201. The van der Waals surface area contributed by atoms with Crippen LogP contribution in [0.5, 0.6) is 0 Å². The van der Waals surface area contributed by atoms with Crippen LogP contribution in [0.2, 0.25) is 0 Å². The average molecular weight is 474 g/mol. The zero-order valence-corrected chi connectivity index (χ0v) is 19.3. The maximum absolute atomic E-state index is 13.6. The van der Waals surface area contributed by atoms with Crippen molar-refractivity contribution in [3.05, 3.63) is 53.2 Å². The summed E-state index contributed by atoms with van der Waals surface area (Å²) < 4.78 is 33.3. The first-order valence-electron chi connectivity index (χ1n) is 9.95. The van der Waals surface area contributed by atoms with Gasteiger partial charge in [0.2, 0.25) is 0 Å². The van der Waals surface area contributed by atoms with Crippen molar-refractivity contribution in [1.82, 2.24) is 19.3 Å². The molecule has 1 atom stereocenters. The van der Waals surface area contributed by atoms with Gasteiger partial charge in [0.25, 0.3) is 5.91 Å². The number of anilines is 1. The monoisotopic (exact) mass is 474 g/mol. The van der Waals surface area contributed by atoms with E-state index in [2.05, 4.69) is 20.6 Å². The summed E-state index contributed by atoms with van der Waals surface area (Å²) in [5, 5.41) is 23.7. The molecule has 0 radical (unpaired) electrons. The second kappa shape index (κ2) is 9.89. The van der Waals surface area contributed by atoms with Crippen molar-refractivity contribution in [2.24, 2.45) is 0 Å². The first-order valence-corrected chi connectivity index (χ1v) is 10.6. The number of fused-ring (bicyclic) bond motifs is 1. The van der Waals surface area contributed by atoms with E-state index in [4.69, 9.17) is 10.1 Å². The van der Waals surface area contributed by atoms with E-state index in [1.54, 1.807) is 14.0 Å². The number of rotatable bonds is 9. The highest BCUT2D eigenvalue weighted by atomic mass is 32.2. The van der Waals surface area contributed by atoms with E-state index in [9.17, 15) is 18.2 Å². The molecule has 0 saturated heterocycles. The molecule has 9 nitrogen and oxygen atoms in total. The lowest BCUT2D eigenvalue weighted by atomic mass is 9.76. The summed E-state index contributed by atoms with van der Waals surface area (Å²) in [4.78, 5) is 21.4. The van der Waals surface area contributed by atoms with Crippen LogP contribution in [-0.4, -0.2) is 71.6 Å². The van der Waals surface area contributed by atoms with Gasteiger partial charge in [-0.2, -0.15) is 0 Å². The fraction of sp³-hybridized carbons (Fsp3) is 0.263. The lowest BCUT2D eigenvalue weighted by Crippen LogP contribution is -2.41. The van der Waals surface area contributed by atoms with E-state index < -0.39 is 23.4 Å². The number of carbonyl (C=O) groups is 1. The van der Waals surface area contributed by atoms with Crippen molar-refractivity contribution in [3.63, 3.8) is 0 Å². The number of nitrogens with zero attached hydrogens (tertiary/aromatic N) is 3. The first-order chi connectivity index (χ1) is 15.5. The van der Waals surface area contributed by atoms with Gasteiger partial charge in [-0.15, -0.1) is 3.89 Å². The van der Waals surface area contributed by atoms with Gasteiger partial charge >= 0.3 is 0 Å². The van der Waals surface area contributed by atoms with E-state index in [-0.39, 0.29) is 47.1 Å².